The number of amides is 1. The topological polar surface area (TPSA) is 66.5 Å². The van der Waals surface area contributed by atoms with Crippen LogP contribution in [0.4, 0.5) is 5.69 Å². The second-order valence-electron chi connectivity index (χ2n) is 6.51. The van der Waals surface area contributed by atoms with Crippen molar-refractivity contribution in [2.24, 2.45) is 0 Å². The summed E-state index contributed by atoms with van der Waals surface area (Å²) >= 11 is 6.12. The maximum Gasteiger partial charge on any atom is 0.232 e. The van der Waals surface area contributed by atoms with Crippen LogP contribution >= 0.6 is 11.6 Å². The van der Waals surface area contributed by atoms with Crippen molar-refractivity contribution in [3.05, 3.63) is 65.2 Å². The van der Waals surface area contributed by atoms with E-state index in [0.717, 1.165) is 6.26 Å². The van der Waals surface area contributed by atoms with Gasteiger partial charge in [0.25, 0.3) is 0 Å². The predicted octanol–water partition coefficient (Wildman–Crippen LogP) is 3.81. The molecule has 0 bridgehead atoms. The van der Waals surface area contributed by atoms with Gasteiger partial charge in [-0.3, -0.25) is 9.10 Å². The molecule has 27 heavy (non-hydrogen) atoms. The Balaban J connectivity index is 1.86. The molecule has 1 amide bonds. The number of benzene rings is 2. The van der Waals surface area contributed by atoms with E-state index < -0.39 is 10.0 Å². The average molecular weight is 409 g/mol. The van der Waals surface area contributed by atoms with E-state index in [-0.39, 0.29) is 24.8 Å². The molecule has 0 aliphatic carbocycles. The molecule has 1 atom stereocenters. The van der Waals surface area contributed by atoms with Crippen LogP contribution in [-0.2, 0) is 14.8 Å². The van der Waals surface area contributed by atoms with Crippen LogP contribution in [0.2, 0.25) is 5.02 Å². The molecule has 2 aromatic carbocycles. The second kappa shape index (κ2) is 9.76. The summed E-state index contributed by atoms with van der Waals surface area (Å²) in [5, 5.41) is 3.28. The maximum atomic E-state index is 12.1. The van der Waals surface area contributed by atoms with E-state index in [0.29, 0.717) is 23.7 Å². The molecule has 2 aromatic rings. The molecule has 2 rings (SSSR count). The van der Waals surface area contributed by atoms with Crippen molar-refractivity contribution >= 4 is 33.2 Å². The molecule has 0 spiro atoms. The molecule has 0 saturated heterocycles. The third kappa shape index (κ3) is 6.56. The number of hydrogen-bond acceptors (Lipinski definition) is 3. The Labute approximate surface area is 166 Å². The van der Waals surface area contributed by atoms with Gasteiger partial charge >= 0.3 is 0 Å². The third-order valence-corrected chi connectivity index (χ3v) is 5.76. The predicted molar refractivity (Wildman–Crippen MR) is 111 cm³/mol. The van der Waals surface area contributed by atoms with E-state index in [2.05, 4.69) is 12.2 Å². The van der Waals surface area contributed by atoms with Crippen LogP contribution in [0.3, 0.4) is 0 Å². The van der Waals surface area contributed by atoms with Gasteiger partial charge in [0.15, 0.2) is 0 Å². The first-order chi connectivity index (χ1) is 12.8. The van der Waals surface area contributed by atoms with Crippen molar-refractivity contribution < 1.29 is 13.2 Å². The molecule has 146 valence electrons. The second-order valence-corrected chi connectivity index (χ2v) is 8.82. The number of anilines is 1. The molecule has 0 fully saturated rings. The molecular formula is C20H25ClN2O3S. The third-order valence-electron chi connectivity index (χ3n) is 4.26. The molecule has 1 N–H and O–H groups in total. The van der Waals surface area contributed by atoms with Crippen LogP contribution in [0.25, 0.3) is 0 Å². The van der Waals surface area contributed by atoms with Gasteiger partial charge in [-0.25, -0.2) is 8.42 Å². The molecule has 1 unspecified atom stereocenters. The number of carbonyl (C=O) groups is 1. The van der Waals surface area contributed by atoms with E-state index in [9.17, 15) is 13.2 Å². The fourth-order valence-electron chi connectivity index (χ4n) is 2.76. The largest absolute Gasteiger partial charge is 0.356 e. The van der Waals surface area contributed by atoms with Crippen molar-refractivity contribution in [3.8, 4) is 0 Å². The molecular weight excluding hydrogens is 384 g/mol. The number of para-hydroxylation sites is 1. The van der Waals surface area contributed by atoms with E-state index >= 15 is 0 Å². The lowest BCUT2D eigenvalue weighted by molar-refractivity contribution is -0.121. The zero-order valence-corrected chi connectivity index (χ0v) is 17.1. The summed E-state index contributed by atoms with van der Waals surface area (Å²) in [6.45, 7) is 2.80. The number of nitrogens with one attached hydrogen (secondary N) is 1. The smallest absolute Gasteiger partial charge is 0.232 e. The van der Waals surface area contributed by atoms with Crippen LogP contribution in [0.15, 0.2) is 54.6 Å². The number of carbonyl (C=O) groups excluding carboxylic acids is 1. The lowest BCUT2D eigenvalue weighted by Gasteiger charge is -2.23. The van der Waals surface area contributed by atoms with Gasteiger partial charge in [0.05, 0.1) is 17.0 Å². The minimum Gasteiger partial charge on any atom is -0.356 e. The van der Waals surface area contributed by atoms with Crippen molar-refractivity contribution in [3.63, 3.8) is 0 Å². The molecule has 0 aliphatic rings. The van der Waals surface area contributed by atoms with Crippen LogP contribution in [-0.4, -0.2) is 33.7 Å². The summed E-state index contributed by atoms with van der Waals surface area (Å²) in [5.41, 5.74) is 1.60. The highest BCUT2D eigenvalue weighted by Gasteiger charge is 2.19. The highest BCUT2D eigenvalue weighted by Crippen LogP contribution is 2.27. The highest BCUT2D eigenvalue weighted by molar-refractivity contribution is 7.92. The minimum absolute atomic E-state index is 0.0922. The summed E-state index contributed by atoms with van der Waals surface area (Å²) in [7, 11) is -3.48. The zero-order valence-electron chi connectivity index (χ0n) is 15.6. The normalized spacial score (nSPS) is 12.4. The number of halogens is 1. The zero-order chi connectivity index (χ0) is 19.9. The Bertz CT molecular complexity index is 857. The van der Waals surface area contributed by atoms with E-state index in [1.807, 2.05) is 30.3 Å². The van der Waals surface area contributed by atoms with Crippen molar-refractivity contribution in [2.75, 3.05) is 23.7 Å². The van der Waals surface area contributed by atoms with Gasteiger partial charge in [-0.05, 0) is 30.0 Å². The highest BCUT2D eigenvalue weighted by atomic mass is 35.5. The first-order valence-electron chi connectivity index (χ1n) is 8.83. The molecule has 0 radical (unpaired) electrons. The molecule has 0 aliphatic heterocycles. The van der Waals surface area contributed by atoms with Crippen molar-refractivity contribution in [1.82, 2.24) is 5.32 Å². The average Bonchev–Trinajstić information content (AvgIpc) is 2.64. The summed E-state index contributed by atoms with van der Waals surface area (Å²) in [6.07, 6.45) is 1.79. The van der Waals surface area contributed by atoms with Crippen LogP contribution in [0, 0.1) is 0 Å². The number of hydrogen-bond donors (Lipinski definition) is 1. The Hall–Kier alpha value is -2.05. The lowest BCUT2D eigenvalue weighted by atomic mass is 10.0. The summed E-state index contributed by atoms with van der Waals surface area (Å²) < 4.78 is 25.4. The quantitative estimate of drug-likeness (QED) is 0.686. The van der Waals surface area contributed by atoms with Crippen molar-refractivity contribution in [1.29, 1.82) is 0 Å². The number of nitrogens with zero attached hydrogens (tertiary/aromatic N) is 1. The Morgan fingerprint density at radius 1 is 1.11 bits per heavy atom. The summed E-state index contributed by atoms with van der Waals surface area (Å²) in [4.78, 5) is 12.1. The van der Waals surface area contributed by atoms with E-state index in [1.54, 1.807) is 24.3 Å². The first-order valence-corrected chi connectivity index (χ1v) is 11.1. The monoisotopic (exact) mass is 408 g/mol. The molecule has 0 heterocycles. The molecule has 5 nitrogen and oxygen atoms in total. The summed E-state index contributed by atoms with van der Waals surface area (Å²) in [5.74, 6) is 0.121. The maximum absolute atomic E-state index is 12.1. The van der Waals surface area contributed by atoms with Gasteiger partial charge in [0.1, 0.15) is 0 Å². The van der Waals surface area contributed by atoms with E-state index in [1.165, 1.54) is 9.87 Å². The van der Waals surface area contributed by atoms with Crippen molar-refractivity contribution in [2.45, 2.75) is 25.7 Å². The van der Waals surface area contributed by atoms with Crippen LogP contribution < -0.4 is 9.62 Å². The Kier molecular flexibility index (Phi) is 7.68. The molecule has 0 aromatic heterocycles. The number of rotatable bonds is 9. The van der Waals surface area contributed by atoms with Gasteiger partial charge in [0, 0.05) is 19.5 Å². The SMILES string of the molecule is CC(CNC(=O)CCCN(c1ccccc1Cl)S(C)(=O)=O)c1ccccc1. The Morgan fingerprint density at radius 3 is 2.37 bits per heavy atom. The van der Waals surface area contributed by atoms with Gasteiger partial charge in [-0.1, -0.05) is 61.0 Å². The lowest BCUT2D eigenvalue weighted by Crippen LogP contribution is -2.33. The standard InChI is InChI=1S/C20H25ClN2O3S/c1-16(17-9-4-3-5-10-17)15-22-20(24)13-8-14-23(27(2,25)26)19-12-7-6-11-18(19)21/h3-7,9-12,16H,8,13-15H2,1-2H3,(H,22,24). The first kappa shape index (κ1) is 21.3. The van der Waals surface area contributed by atoms with Gasteiger partial charge in [0.2, 0.25) is 15.9 Å². The fourth-order valence-corrected chi connectivity index (χ4v) is 4.02. The minimum atomic E-state index is -3.48. The van der Waals surface area contributed by atoms with Crippen LogP contribution in [0.1, 0.15) is 31.2 Å². The van der Waals surface area contributed by atoms with Gasteiger partial charge < -0.3 is 5.32 Å². The van der Waals surface area contributed by atoms with Gasteiger partial charge in [-0.2, -0.15) is 0 Å². The Morgan fingerprint density at radius 2 is 1.74 bits per heavy atom. The molecule has 7 heteroatoms. The number of sulfonamides is 1. The van der Waals surface area contributed by atoms with Crippen LogP contribution in [0.5, 0.6) is 0 Å². The van der Waals surface area contributed by atoms with E-state index in [4.69, 9.17) is 11.6 Å². The fraction of sp³-hybridized carbons (Fsp3) is 0.350. The molecule has 0 saturated carbocycles. The summed E-state index contributed by atoms with van der Waals surface area (Å²) in [6, 6.07) is 16.8. The van der Waals surface area contributed by atoms with Gasteiger partial charge in [-0.15, -0.1) is 0 Å².